The third-order valence-electron chi connectivity index (χ3n) is 2.57. The molecule has 2 rings (SSSR count). The van der Waals surface area contributed by atoms with E-state index in [4.69, 9.17) is 0 Å². The van der Waals surface area contributed by atoms with Gasteiger partial charge < -0.3 is 5.32 Å². The lowest BCUT2D eigenvalue weighted by atomic mass is 10.1. The molecule has 1 aromatic rings. The molecule has 1 aromatic carbocycles. The molecule has 0 aromatic heterocycles. The van der Waals surface area contributed by atoms with Crippen molar-refractivity contribution in [3.05, 3.63) is 30.1 Å². The second-order valence-corrected chi connectivity index (χ2v) is 5.64. The normalized spacial score (nSPS) is 19.5. The van der Waals surface area contributed by atoms with E-state index in [0.717, 1.165) is 17.3 Å². The van der Waals surface area contributed by atoms with E-state index >= 15 is 0 Å². The highest BCUT2D eigenvalue weighted by atomic mass is 32.2. The molecule has 0 aliphatic carbocycles. The van der Waals surface area contributed by atoms with Crippen LogP contribution in [0.15, 0.2) is 29.3 Å². The van der Waals surface area contributed by atoms with Crippen molar-refractivity contribution < 1.29 is 4.39 Å². The van der Waals surface area contributed by atoms with Gasteiger partial charge in [0.15, 0.2) is 5.17 Å². The van der Waals surface area contributed by atoms with Crippen LogP contribution in [0.3, 0.4) is 0 Å². The lowest BCUT2D eigenvalue weighted by Crippen LogP contribution is -2.08. The second kappa shape index (κ2) is 5.54. The Labute approximate surface area is 106 Å². The molecule has 1 N–H and O–H groups in total. The summed E-state index contributed by atoms with van der Waals surface area (Å²) in [5, 5.41) is 3.88. The largest absolute Gasteiger partial charge is 0.333 e. The van der Waals surface area contributed by atoms with Gasteiger partial charge in [0.05, 0.1) is 11.7 Å². The van der Waals surface area contributed by atoms with Crippen molar-refractivity contribution >= 4 is 22.6 Å². The SMILES string of the molecule is CC(C)CC1CSC(Nc2ccccc2F)=N1. The predicted octanol–water partition coefficient (Wildman–Crippen LogP) is 3.76. The highest BCUT2D eigenvalue weighted by molar-refractivity contribution is 8.14. The van der Waals surface area contributed by atoms with Crippen LogP contribution in [0.25, 0.3) is 0 Å². The topological polar surface area (TPSA) is 24.4 Å². The predicted molar refractivity (Wildman–Crippen MR) is 73.2 cm³/mol. The summed E-state index contributed by atoms with van der Waals surface area (Å²) >= 11 is 1.67. The Morgan fingerprint density at radius 1 is 1.47 bits per heavy atom. The summed E-state index contributed by atoms with van der Waals surface area (Å²) in [6.07, 6.45) is 1.09. The molecule has 0 saturated heterocycles. The molecule has 0 spiro atoms. The third kappa shape index (κ3) is 3.46. The monoisotopic (exact) mass is 252 g/mol. The first-order valence-corrected chi connectivity index (χ1v) is 6.86. The quantitative estimate of drug-likeness (QED) is 0.886. The molecular weight excluding hydrogens is 235 g/mol. The lowest BCUT2D eigenvalue weighted by molar-refractivity contribution is 0.529. The van der Waals surface area contributed by atoms with Crippen molar-refractivity contribution in [2.75, 3.05) is 11.1 Å². The Bertz CT molecular complexity index is 418. The van der Waals surface area contributed by atoms with Crippen LogP contribution < -0.4 is 5.32 Å². The molecule has 0 radical (unpaired) electrons. The van der Waals surface area contributed by atoms with Crippen LogP contribution in [-0.2, 0) is 0 Å². The van der Waals surface area contributed by atoms with E-state index in [0.29, 0.717) is 17.6 Å². The zero-order valence-corrected chi connectivity index (χ0v) is 10.9. The van der Waals surface area contributed by atoms with Crippen LogP contribution in [0.4, 0.5) is 10.1 Å². The van der Waals surface area contributed by atoms with Crippen LogP contribution in [0.1, 0.15) is 20.3 Å². The van der Waals surface area contributed by atoms with Gasteiger partial charge in [-0.3, -0.25) is 4.99 Å². The number of amidine groups is 1. The number of nitrogens with one attached hydrogen (secondary N) is 1. The van der Waals surface area contributed by atoms with Crippen LogP contribution in [0.2, 0.25) is 0 Å². The highest BCUT2D eigenvalue weighted by Gasteiger charge is 2.19. The third-order valence-corrected chi connectivity index (χ3v) is 3.60. The van der Waals surface area contributed by atoms with Crippen LogP contribution in [0, 0.1) is 11.7 Å². The molecule has 0 bridgehead atoms. The smallest absolute Gasteiger partial charge is 0.161 e. The van der Waals surface area contributed by atoms with Gasteiger partial charge >= 0.3 is 0 Å². The molecule has 0 amide bonds. The molecule has 17 heavy (non-hydrogen) atoms. The van der Waals surface area contributed by atoms with Crippen molar-refractivity contribution in [3.63, 3.8) is 0 Å². The zero-order valence-electron chi connectivity index (χ0n) is 10.1. The molecule has 1 aliphatic heterocycles. The number of rotatable bonds is 3. The van der Waals surface area contributed by atoms with Crippen molar-refractivity contribution in [1.29, 1.82) is 0 Å². The molecule has 1 heterocycles. The molecule has 0 saturated carbocycles. The van der Waals surface area contributed by atoms with Gasteiger partial charge in [-0.25, -0.2) is 4.39 Å². The second-order valence-electron chi connectivity index (χ2n) is 4.63. The minimum absolute atomic E-state index is 0.233. The van der Waals surface area contributed by atoms with Gasteiger partial charge in [0.1, 0.15) is 5.82 Å². The number of hydrogen-bond donors (Lipinski definition) is 1. The van der Waals surface area contributed by atoms with E-state index in [2.05, 4.69) is 24.2 Å². The molecule has 1 atom stereocenters. The van der Waals surface area contributed by atoms with Crippen molar-refractivity contribution in [1.82, 2.24) is 0 Å². The Hall–Kier alpha value is -1.03. The maximum atomic E-state index is 13.4. The molecule has 4 heteroatoms. The number of benzene rings is 1. The van der Waals surface area contributed by atoms with Gasteiger partial charge in [0, 0.05) is 5.75 Å². The number of aliphatic imine (C=N–C) groups is 1. The molecular formula is C13H17FN2S. The first-order chi connectivity index (χ1) is 8.15. The van der Waals surface area contributed by atoms with Gasteiger partial charge in [-0.15, -0.1) is 0 Å². The van der Waals surface area contributed by atoms with Gasteiger partial charge in [-0.1, -0.05) is 37.7 Å². The lowest BCUT2D eigenvalue weighted by Gasteiger charge is -2.07. The average Bonchev–Trinajstić information content (AvgIpc) is 2.68. The van der Waals surface area contributed by atoms with E-state index in [1.54, 1.807) is 23.9 Å². The fourth-order valence-electron chi connectivity index (χ4n) is 1.83. The fourth-order valence-corrected chi connectivity index (χ4v) is 2.79. The van der Waals surface area contributed by atoms with Gasteiger partial charge in [-0.05, 0) is 24.5 Å². The fraction of sp³-hybridized carbons (Fsp3) is 0.462. The molecule has 1 unspecified atom stereocenters. The Kier molecular flexibility index (Phi) is 4.05. The van der Waals surface area contributed by atoms with E-state index in [-0.39, 0.29) is 5.82 Å². The van der Waals surface area contributed by atoms with Crippen molar-refractivity contribution in [2.45, 2.75) is 26.3 Å². The van der Waals surface area contributed by atoms with E-state index < -0.39 is 0 Å². The number of anilines is 1. The van der Waals surface area contributed by atoms with Crippen molar-refractivity contribution in [2.24, 2.45) is 10.9 Å². The molecule has 92 valence electrons. The number of para-hydroxylation sites is 1. The summed E-state index contributed by atoms with van der Waals surface area (Å²) in [7, 11) is 0. The Balaban J connectivity index is 1.99. The molecule has 0 fully saturated rings. The van der Waals surface area contributed by atoms with E-state index in [1.165, 1.54) is 6.07 Å². The summed E-state index contributed by atoms with van der Waals surface area (Å²) in [6, 6.07) is 7.06. The Morgan fingerprint density at radius 3 is 2.94 bits per heavy atom. The average molecular weight is 252 g/mol. The first-order valence-electron chi connectivity index (χ1n) is 5.87. The van der Waals surface area contributed by atoms with Crippen LogP contribution in [-0.4, -0.2) is 17.0 Å². The van der Waals surface area contributed by atoms with Crippen LogP contribution >= 0.6 is 11.8 Å². The first kappa shape index (κ1) is 12.4. The van der Waals surface area contributed by atoms with Crippen molar-refractivity contribution in [3.8, 4) is 0 Å². The standard InChI is InChI=1S/C13H17FN2S/c1-9(2)7-10-8-17-13(15-10)16-12-6-4-3-5-11(12)14/h3-6,9-10H,7-8H2,1-2H3,(H,15,16). The minimum atomic E-state index is -0.233. The summed E-state index contributed by atoms with van der Waals surface area (Å²) < 4.78 is 13.4. The molecule has 1 aliphatic rings. The van der Waals surface area contributed by atoms with Crippen LogP contribution in [0.5, 0.6) is 0 Å². The number of halogens is 1. The molecule has 2 nitrogen and oxygen atoms in total. The zero-order chi connectivity index (χ0) is 12.3. The summed E-state index contributed by atoms with van der Waals surface area (Å²) in [5.74, 6) is 1.41. The maximum absolute atomic E-state index is 13.4. The number of hydrogen-bond acceptors (Lipinski definition) is 3. The highest BCUT2D eigenvalue weighted by Crippen LogP contribution is 2.24. The number of thioether (sulfide) groups is 1. The summed E-state index contributed by atoms with van der Waals surface area (Å²) in [6.45, 7) is 4.39. The minimum Gasteiger partial charge on any atom is -0.333 e. The van der Waals surface area contributed by atoms with Gasteiger partial charge in [-0.2, -0.15) is 0 Å². The Morgan fingerprint density at radius 2 is 2.24 bits per heavy atom. The van der Waals surface area contributed by atoms with Gasteiger partial charge in [0.2, 0.25) is 0 Å². The summed E-state index contributed by atoms with van der Waals surface area (Å²) in [5.41, 5.74) is 0.504. The summed E-state index contributed by atoms with van der Waals surface area (Å²) in [4.78, 5) is 4.57. The van der Waals surface area contributed by atoms with Gasteiger partial charge in [0.25, 0.3) is 0 Å². The maximum Gasteiger partial charge on any atom is 0.161 e. The number of nitrogens with zero attached hydrogens (tertiary/aromatic N) is 1. The van der Waals surface area contributed by atoms with E-state index in [1.807, 2.05) is 6.07 Å². The van der Waals surface area contributed by atoms with E-state index in [9.17, 15) is 4.39 Å².